The van der Waals surface area contributed by atoms with Crippen molar-refractivity contribution in [2.75, 3.05) is 0 Å². The average Bonchev–Trinajstić information content (AvgIpc) is 2.94. The quantitative estimate of drug-likeness (QED) is 0.886. The zero-order chi connectivity index (χ0) is 15.6. The molecule has 0 aliphatic rings. The van der Waals surface area contributed by atoms with Gasteiger partial charge in [-0.05, 0) is 44.7 Å². The summed E-state index contributed by atoms with van der Waals surface area (Å²) in [6, 6.07) is 2.37. The normalized spacial score (nSPS) is 12.9. The molecule has 1 unspecified atom stereocenters. The van der Waals surface area contributed by atoms with Crippen molar-refractivity contribution < 1.29 is 0 Å². The Hall–Kier alpha value is -1.62. The van der Waals surface area contributed by atoms with E-state index in [2.05, 4.69) is 48.6 Å². The van der Waals surface area contributed by atoms with Crippen molar-refractivity contribution in [1.29, 1.82) is 0 Å². The fourth-order valence-corrected chi connectivity index (χ4v) is 2.64. The van der Waals surface area contributed by atoms with Crippen LogP contribution in [0.2, 0.25) is 0 Å². The first-order chi connectivity index (χ1) is 9.96. The lowest BCUT2D eigenvalue weighted by Gasteiger charge is -2.09. The molecular formula is C16H27N5. The Morgan fingerprint density at radius 1 is 1.24 bits per heavy atom. The van der Waals surface area contributed by atoms with Gasteiger partial charge in [0, 0.05) is 18.8 Å². The molecule has 0 saturated heterocycles. The number of aryl methyl sites for hydroxylation is 3. The molecule has 0 fully saturated rings. The van der Waals surface area contributed by atoms with Crippen LogP contribution in [0.25, 0.3) is 0 Å². The molecule has 0 aliphatic heterocycles. The Balaban J connectivity index is 2.24. The van der Waals surface area contributed by atoms with Gasteiger partial charge in [-0.2, -0.15) is 10.2 Å². The molecule has 2 rings (SSSR count). The van der Waals surface area contributed by atoms with Crippen molar-refractivity contribution >= 4 is 0 Å². The molecule has 2 aromatic heterocycles. The Bertz CT molecular complexity index is 608. The molecular weight excluding hydrogens is 262 g/mol. The summed E-state index contributed by atoms with van der Waals surface area (Å²) in [6.45, 7) is 9.22. The van der Waals surface area contributed by atoms with Crippen LogP contribution in [-0.4, -0.2) is 25.6 Å². The van der Waals surface area contributed by atoms with Crippen LogP contribution >= 0.6 is 0 Å². The Morgan fingerprint density at radius 3 is 2.52 bits per heavy atom. The van der Waals surface area contributed by atoms with Gasteiger partial charge in [-0.25, -0.2) is 0 Å². The van der Waals surface area contributed by atoms with Crippen LogP contribution in [0.5, 0.6) is 0 Å². The summed E-state index contributed by atoms with van der Waals surface area (Å²) in [4.78, 5) is 0. The molecule has 5 nitrogen and oxygen atoms in total. The molecule has 0 bridgehead atoms. The highest BCUT2D eigenvalue weighted by Gasteiger charge is 2.15. The van der Waals surface area contributed by atoms with Crippen LogP contribution in [0.3, 0.4) is 0 Å². The Kier molecular flexibility index (Phi) is 4.83. The van der Waals surface area contributed by atoms with E-state index in [1.54, 1.807) is 0 Å². The van der Waals surface area contributed by atoms with Gasteiger partial charge in [-0.15, -0.1) is 0 Å². The molecule has 0 radical (unpaired) electrons. The minimum absolute atomic E-state index is 0.212. The number of nitrogens with zero attached hydrogens (tertiary/aromatic N) is 4. The first-order valence-corrected chi connectivity index (χ1v) is 7.76. The smallest absolute Gasteiger partial charge is 0.0831 e. The number of rotatable bonds is 6. The summed E-state index contributed by atoms with van der Waals surface area (Å²) in [5, 5.41) is 9.19. The minimum Gasteiger partial charge on any atom is -0.327 e. The number of aromatic nitrogens is 4. The van der Waals surface area contributed by atoms with Crippen LogP contribution in [0.1, 0.15) is 48.6 Å². The molecule has 0 spiro atoms. The van der Waals surface area contributed by atoms with Crippen molar-refractivity contribution in [3.63, 3.8) is 0 Å². The topological polar surface area (TPSA) is 61.7 Å². The fraction of sp³-hybridized carbons (Fsp3) is 0.625. The van der Waals surface area contributed by atoms with Gasteiger partial charge in [-0.3, -0.25) is 9.36 Å². The molecule has 2 heterocycles. The largest absolute Gasteiger partial charge is 0.327 e. The maximum absolute atomic E-state index is 6.10. The van der Waals surface area contributed by atoms with Gasteiger partial charge in [0.2, 0.25) is 0 Å². The Labute approximate surface area is 127 Å². The van der Waals surface area contributed by atoms with E-state index in [0.29, 0.717) is 0 Å². The lowest BCUT2D eigenvalue weighted by atomic mass is 10.0. The molecule has 2 N–H and O–H groups in total. The van der Waals surface area contributed by atoms with E-state index in [0.717, 1.165) is 37.2 Å². The van der Waals surface area contributed by atoms with Crippen LogP contribution < -0.4 is 5.73 Å². The van der Waals surface area contributed by atoms with E-state index in [1.165, 1.54) is 17.0 Å². The van der Waals surface area contributed by atoms with Gasteiger partial charge < -0.3 is 5.73 Å². The molecule has 0 saturated carbocycles. The summed E-state index contributed by atoms with van der Waals surface area (Å²) < 4.78 is 4.02. The molecule has 0 aliphatic carbocycles. The highest BCUT2D eigenvalue weighted by molar-refractivity contribution is 5.26. The van der Waals surface area contributed by atoms with Crippen LogP contribution in [0.15, 0.2) is 6.07 Å². The van der Waals surface area contributed by atoms with Gasteiger partial charge in [0.05, 0.1) is 23.6 Å². The molecule has 0 aromatic carbocycles. The van der Waals surface area contributed by atoms with Gasteiger partial charge in [0.1, 0.15) is 0 Å². The third kappa shape index (κ3) is 3.35. The van der Waals surface area contributed by atoms with E-state index in [9.17, 15) is 0 Å². The van der Waals surface area contributed by atoms with Crippen LogP contribution in [0, 0.1) is 13.8 Å². The summed E-state index contributed by atoms with van der Waals surface area (Å²) in [6.07, 6.45) is 2.85. The first kappa shape index (κ1) is 15.8. The van der Waals surface area contributed by atoms with Crippen LogP contribution in [0.4, 0.5) is 0 Å². The van der Waals surface area contributed by atoms with Gasteiger partial charge in [0.25, 0.3) is 0 Å². The standard InChI is InChI=1S/C16H27N5/c1-6-13(17)8-16-11(3)18-21(12(16)4)10-15-9-14(7-2)19-20(15)5/h9,13H,6-8,10,17H2,1-5H3. The predicted molar refractivity (Wildman–Crippen MR) is 85.4 cm³/mol. The maximum atomic E-state index is 6.10. The van der Waals surface area contributed by atoms with Crippen molar-refractivity contribution in [1.82, 2.24) is 19.6 Å². The lowest BCUT2D eigenvalue weighted by molar-refractivity contribution is 0.600. The number of hydrogen-bond donors (Lipinski definition) is 1. The predicted octanol–water partition coefficient (Wildman–Crippen LogP) is 2.12. The van der Waals surface area contributed by atoms with Gasteiger partial charge in [-0.1, -0.05) is 13.8 Å². The van der Waals surface area contributed by atoms with E-state index in [1.807, 2.05) is 11.7 Å². The second-order valence-electron chi connectivity index (χ2n) is 5.78. The third-order valence-electron chi connectivity index (χ3n) is 4.22. The molecule has 116 valence electrons. The second-order valence-corrected chi connectivity index (χ2v) is 5.78. The average molecular weight is 289 g/mol. The summed E-state index contributed by atoms with van der Waals surface area (Å²) in [5.74, 6) is 0. The van der Waals surface area contributed by atoms with E-state index < -0.39 is 0 Å². The monoisotopic (exact) mass is 289 g/mol. The summed E-state index contributed by atoms with van der Waals surface area (Å²) in [5.41, 5.74) is 12.0. The minimum atomic E-state index is 0.212. The van der Waals surface area contributed by atoms with Crippen molar-refractivity contribution in [3.05, 3.63) is 34.4 Å². The van der Waals surface area contributed by atoms with E-state index in [4.69, 9.17) is 5.73 Å². The SMILES string of the molecule is CCc1cc(Cn2nc(C)c(CC(N)CC)c2C)n(C)n1. The van der Waals surface area contributed by atoms with Crippen LogP contribution in [-0.2, 0) is 26.4 Å². The second kappa shape index (κ2) is 6.43. The molecule has 5 heteroatoms. The highest BCUT2D eigenvalue weighted by Crippen LogP contribution is 2.17. The first-order valence-electron chi connectivity index (χ1n) is 7.76. The number of hydrogen-bond acceptors (Lipinski definition) is 3. The third-order valence-corrected chi connectivity index (χ3v) is 4.22. The van der Waals surface area contributed by atoms with Crippen molar-refractivity contribution in [2.24, 2.45) is 12.8 Å². The summed E-state index contributed by atoms with van der Waals surface area (Å²) >= 11 is 0. The van der Waals surface area contributed by atoms with Crippen molar-refractivity contribution in [2.45, 2.75) is 59.5 Å². The van der Waals surface area contributed by atoms with Gasteiger partial charge in [0.15, 0.2) is 0 Å². The fourth-order valence-electron chi connectivity index (χ4n) is 2.64. The zero-order valence-corrected chi connectivity index (χ0v) is 13.8. The highest BCUT2D eigenvalue weighted by atomic mass is 15.3. The molecule has 0 amide bonds. The lowest BCUT2D eigenvalue weighted by Crippen LogP contribution is -2.22. The van der Waals surface area contributed by atoms with Crippen molar-refractivity contribution in [3.8, 4) is 0 Å². The van der Waals surface area contributed by atoms with E-state index >= 15 is 0 Å². The molecule has 1 atom stereocenters. The zero-order valence-electron chi connectivity index (χ0n) is 13.8. The number of nitrogens with two attached hydrogens (primary N) is 1. The Morgan fingerprint density at radius 2 is 1.95 bits per heavy atom. The molecule has 21 heavy (non-hydrogen) atoms. The van der Waals surface area contributed by atoms with Gasteiger partial charge >= 0.3 is 0 Å². The maximum Gasteiger partial charge on any atom is 0.0831 e. The summed E-state index contributed by atoms with van der Waals surface area (Å²) in [7, 11) is 1.99. The molecule has 2 aromatic rings. The van der Waals surface area contributed by atoms with E-state index in [-0.39, 0.29) is 6.04 Å².